The standard InChI is InChI=1S/C17H21NO5/c1-11-7-14(23-15(11)16(21)22-3)9-18-17(2,10-19)12-5-4-6-13(20)8-12/h4-8,18-20H,9-10H2,1-3H3. The number of esters is 1. The summed E-state index contributed by atoms with van der Waals surface area (Å²) in [5.74, 6) is 0.340. The fraction of sp³-hybridized carbons (Fsp3) is 0.353. The van der Waals surface area contributed by atoms with E-state index in [1.807, 2.05) is 13.0 Å². The van der Waals surface area contributed by atoms with Gasteiger partial charge in [-0.3, -0.25) is 5.32 Å². The number of hydrogen-bond donors (Lipinski definition) is 3. The smallest absolute Gasteiger partial charge is 0.374 e. The van der Waals surface area contributed by atoms with Crippen molar-refractivity contribution in [1.82, 2.24) is 5.32 Å². The zero-order valence-electron chi connectivity index (χ0n) is 13.4. The lowest BCUT2D eigenvalue weighted by molar-refractivity contribution is 0.0561. The van der Waals surface area contributed by atoms with Crippen LogP contribution in [0, 0.1) is 6.92 Å². The molecule has 0 aliphatic heterocycles. The number of ether oxygens (including phenoxy) is 1. The number of carbonyl (C=O) groups is 1. The number of aryl methyl sites for hydroxylation is 1. The third-order valence-electron chi connectivity index (χ3n) is 3.79. The second-order valence-electron chi connectivity index (χ2n) is 5.61. The van der Waals surface area contributed by atoms with Gasteiger partial charge in [0.2, 0.25) is 5.76 Å². The highest BCUT2D eigenvalue weighted by molar-refractivity contribution is 5.87. The van der Waals surface area contributed by atoms with Gasteiger partial charge in [-0.15, -0.1) is 0 Å². The summed E-state index contributed by atoms with van der Waals surface area (Å²) < 4.78 is 10.2. The summed E-state index contributed by atoms with van der Waals surface area (Å²) in [6.07, 6.45) is 0. The van der Waals surface area contributed by atoms with Gasteiger partial charge in [0.25, 0.3) is 0 Å². The molecular formula is C17H21NO5. The monoisotopic (exact) mass is 319 g/mol. The second-order valence-corrected chi connectivity index (χ2v) is 5.61. The van der Waals surface area contributed by atoms with Crippen LogP contribution >= 0.6 is 0 Å². The van der Waals surface area contributed by atoms with Crippen molar-refractivity contribution >= 4 is 5.97 Å². The molecule has 0 spiro atoms. The number of aliphatic hydroxyl groups excluding tert-OH is 1. The van der Waals surface area contributed by atoms with Gasteiger partial charge in [-0.25, -0.2) is 4.79 Å². The van der Waals surface area contributed by atoms with Crippen molar-refractivity contribution in [1.29, 1.82) is 0 Å². The Morgan fingerprint density at radius 3 is 2.74 bits per heavy atom. The molecule has 1 unspecified atom stereocenters. The normalized spacial score (nSPS) is 13.6. The molecule has 1 aromatic heterocycles. The van der Waals surface area contributed by atoms with Gasteiger partial charge in [0.1, 0.15) is 11.5 Å². The van der Waals surface area contributed by atoms with E-state index in [4.69, 9.17) is 4.42 Å². The topological polar surface area (TPSA) is 91.9 Å². The molecule has 2 rings (SSSR count). The quantitative estimate of drug-likeness (QED) is 0.706. The Morgan fingerprint density at radius 2 is 2.13 bits per heavy atom. The van der Waals surface area contributed by atoms with Crippen LogP contribution in [0.4, 0.5) is 0 Å². The van der Waals surface area contributed by atoms with Crippen LogP contribution in [0.3, 0.4) is 0 Å². The van der Waals surface area contributed by atoms with E-state index in [-0.39, 0.29) is 18.1 Å². The molecule has 124 valence electrons. The number of hydrogen-bond acceptors (Lipinski definition) is 6. The van der Waals surface area contributed by atoms with Gasteiger partial charge in [-0.2, -0.15) is 0 Å². The fourth-order valence-electron chi connectivity index (χ4n) is 2.31. The molecule has 0 amide bonds. The van der Waals surface area contributed by atoms with Crippen LogP contribution in [0.5, 0.6) is 5.75 Å². The largest absolute Gasteiger partial charge is 0.508 e. The number of phenolic OH excluding ortho intramolecular Hbond substituents is 1. The molecule has 0 aliphatic carbocycles. The number of methoxy groups -OCH3 is 1. The molecule has 0 saturated heterocycles. The first-order valence-corrected chi connectivity index (χ1v) is 7.22. The minimum Gasteiger partial charge on any atom is -0.508 e. The molecule has 0 saturated carbocycles. The van der Waals surface area contributed by atoms with Gasteiger partial charge >= 0.3 is 5.97 Å². The number of aromatic hydroxyl groups is 1. The number of nitrogens with one attached hydrogen (secondary N) is 1. The summed E-state index contributed by atoms with van der Waals surface area (Å²) >= 11 is 0. The fourth-order valence-corrected chi connectivity index (χ4v) is 2.31. The van der Waals surface area contributed by atoms with Crippen molar-refractivity contribution in [2.75, 3.05) is 13.7 Å². The van der Waals surface area contributed by atoms with Crippen molar-refractivity contribution in [3.8, 4) is 5.75 Å². The Morgan fingerprint density at radius 1 is 1.39 bits per heavy atom. The van der Waals surface area contributed by atoms with Crippen LogP contribution in [0.15, 0.2) is 34.7 Å². The molecule has 0 radical (unpaired) electrons. The van der Waals surface area contributed by atoms with Gasteiger partial charge < -0.3 is 19.4 Å². The maximum Gasteiger partial charge on any atom is 0.374 e. The molecule has 0 fully saturated rings. The lowest BCUT2D eigenvalue weighted by Gasteiger charge is -2.29. The first-order chi connectivity index (χ1) is 10.9. The molecule has 1 atom stereocenters. The number of rotatable bonds is 6. The zero-order valence-corrected chi connectivity index (χ0v) is 13.4. The van der Waals surface area contributed by atoms with Crippen LogP contribution in [0.2, 0.25) is 0 Å². The van der Waals surface area contributed by atoms with E-state index >= 15 is 0 Å². The maximum atomic E-state index is 11.6. The number of benzene rings is 1. The Hall–Kier alpha value is -2.31. The lowest BCUT2D eigenvalue weighted by Crippen LogP contribution is -2.42. The predicted octanol–water partition coefficient (Wildman–Crippen LogP) is 2.08. The van der Waals surface area contributed by atoms with Crippen molar-refractivity contribution in [2.24, 2.45) is 0 Å². The molecule has 3 N–H and O–H groups in total. The van der Waals surface area contributed by atoms with E-state index in [0.717, 1.165) is 5.56 Å². The first-order valence-electron chi connectivity index (χ1n) is 7.22. The van der Waals surface area contributed by atoms with Crippen molar-refractivity contribution in [3.63, 3.8) is 0 Å². The Kier molecular flexibility index (Phi) is 5.08. The van der Waals surface area contributed by atoms with Crippen molar-refractivity contribution < 1.29 is 24.2 Å². The summed E-state index contributed by atoms with van der Waals surface area (Å²) in [4.78, 5) is 11.6. The van der Waals surface area contributed by atoms with Gasteiger partial charge in [-0.1, -0.05) is 12.1 Å². The Labute approximate surface area is 134 Å². The maximum absolute atomic E-state index is 11.6. The van der Waals surface area contributed by atoms with E-state index in [1.54, 1.807) is 31.2 Å². The second kappa shape index (κ2) is 6.85. The van der Waals surface area contributed by atoms with E-state index in [2.05, 4.69) is 10.1 Å². The molecule has 1 heterocycles. The molecule has 0 aliphatic rings. The molecule has 1 aromatic carbocycles. The van der Waals surface area contributed by atoms with E-state index in [9.17, 15) is 15.0 Å². The molecule has 6 nitrogen and oxygen atoms in total. The van der Waals surface area contributed by atoms with Gasteiger partial charge in [0, 0.05) is 5.56 Å². The van der Waals surface area contributed by atoms with Crippen molar-refractivity contribution in [2.45, 2.75) is 25.9 Å². The molecular weight excluding hydrogens is 298 g/mol. The SMILES string of the molecule is COC(=O)c1oc(CNC(C)(CO)c2cccc(O)c2)cc1C. The van der Waals surface area contributed by atoms with Crippen molar-refractivity contribution in [3.05, 3.63) is 53.0 Å². The van der Waals surface area contributed by atoms with Gasteiger partial charge in [0.15, 0.2) is 0 Å². The number of furan rings is 1. The third-order valence-corrected chi connectivity index (χ3v) is 3.79. The summed E-state index contributed by atoms with van der Waals surface area (Å²) in [6, 6.07) is 8.44. The molecule has 2 aromatic rings. The highest BCUT2D eigenvalue weighted by atomic mass is 16.5. The van der Waals surface area contributed by atoms with Crippen LogP contribution in [-0.4, -0.2) is 29.9 Å². The van der Waals surface area contributed by atoms with E-state index in [1.165, 1.54) is 7.11 Å². The lowest BCUT2D eigenvalue weighted by atomic mass is 9.92. The van der Waals surface area contributed by atoms with E-state index in [0.29, 0.717) is 17.9 Å². The van der Waals surface area contributed by atoms with E-state index < -0.39 is 11.5 Å². The summed E-state index contributed by atoms with van der Waals surface area (Å²) in [6.45, 7) is 3.73. The van der Waals surface area contributed by atoms with Crippen LogP contribution in [0.25, 0.3) is 0 Å². The number of phenols is 1. The Bertz CT molecular complexity index is 694. The molecule has 6 heteroatoms. The predicted molar refractivity (Wildman–Crippen MR) is 84.2 cm³/mol. The first kappa shape index (κ1) is 17.1. The number of aliphatic hydroxyl groups is 1. The van der Waals surface area contributed by atoms with Gasteiger partial charge in [0.05, 0.1) is 25.8 Å². The third kappa shape index (κ3) is 3.72. The highest BCUT2D eigenvalue weighted by Gasteiger charge is 2.26. The van der Waals surface area contributed by atoms with Crippen LogP contribution in [-0.2, 0) is 16.8 Å². The minimum atomic E-state index is -0.759. The summed E-state index contributed by atoms with van der Waals surface area (Å²) in [5, 5.41) is 22.5. The average Bonchev–Trinajstić information content (AvgIpc) is 2.93. The summed E-state index contributed by atoms with van der Waals surface area (Å²) in [5.41, 5.74) is 0.679. The zero-order chi connectivity index (χ0) is 17.0. The average molecular weight is 319 g/mol. The Balaban J connectivity index is 2.16. The van der Waals surface area contributed by atoms with Crippen LogP contribution < -0.4 is 5.32 Å². The van der Waals surface area contributed by atoms with Gasteiger partial charge in [-0.05, 0) is 37.6 Å². The highest BCUT2D eigenvalue weighted by Crippen LogP contribution is 2.25. The van der Waals surface area contributed by atoms with Crippen LogP contribution in [0.1, 0.15) is 34.4 Å². The summed E-state index contributed by atoms with van der Waals surface area (Å²) in [7, 11) is 1.30. The number of carbonyl (C=O) groups excluding carboxylic acids is 1. The molecule has 23 heavy (non-hydrogen) atoms. The molecule has 0 bridgehead atoms. The minimum absolute atomic E-state index is 0.130.